The molecule has 1 atom stereocenters. The Labute approximate surface area is 121 Å². The summed E-state index contributed by atoms with van der Waals surface area (Å²) in [6, 6.07) is -0.176. The molecule has 1 rings (SSSR count). The quantitative estimate of drug-likeness (QED) is 0.778. The van der Waals surface area contributed by atoms with Crippen LogP contribution in [-0.2, 0) is 11.3 Å². The van der Waals surface area contributed by atoms with Gasteiger partial charge in [-0.2, -0.15) is 5.10 Å². The van der Waals surface area contributed by atoms with E-state index in [1.807, 2.05) is 32.6 Å². The van der Waals surface area contributed by atoms with E-state index in [0.29, 0.717) is 6.42 Å². The van der Waals surface area contributed by atoms with Crippen molar-refractivity contribution in [1.29, 1.82) is 0 Å². The molecule has 0 radical (unpaired) electrons. The smallest absolute Gasteiger partial charge is 0.161 e. The summed E-state index contributed by atoms with van der Waals surface area (Å²) in [4.78, 5) is 2.11. The predicted molar refractivity (Wildman–Crippen MR) is 80.0 cm³/mol. The Hall–Kier alpha value is -1.11. The van der Waals surface area contributed by atoms with Gasteiger partial charge in [0.1, 0.15) is 0 Å². The summed E-state index contributed by atoms with van der Waals surface area (Å²) in [5.41, 5.74) is 7.00. The van der Waals surface area contributed by atoms with Crippen molar-refractivity contribution in [3.8, 4) is 5.75 Å². The zero-order valence-corrected chi connectivity index (χ0v) is 13.5. The van der Waals surface area contributed by atoms with Crippen LogP contribution in [0.4, 0.5) is 0 Å². The van der Waals surface area contributed by atoms with Crippen LogP contribution >= 0.6 is 0 Å². The van der Waals surface area contributed by atoms with Gasteiger partial charge in [-0.15, -0.1) is 0 Å². The number of rotatable bonds is 8. The standard InChI is InChI=1S/C14H28N4O2/c1-14(2,20-6)9-11(15)13-12(19-5)10-16-18(13)8-7-17(3)4/h10-11H,7-9,15H2,1-6H3. The van der Waals surface area contributed by atoms with Crippen LogP contribution in [0.1, 0.15) is 32.0 Å². The highest BCUT2D eigenvalue weighted by Crippen LogP contribution is 2.30. The van der Waals surface area contributed by atoms with E-state index in [0.717, 1.165) is 24.5 Å². The van der Waals surface area contributed by atoms with Crippen LogP contribution in [0.2, 0.25) is 0 Å². The van der Waals surface area contributed by atoms with Crippen molar-refractivity contribution >= 4 is 0 Å². The Morgan fingerprint density at radius 1 is 1.40 bits per heavy atom. The zero-order valence-electron chi connectivity index (χ0n) is 13.5. The van der Waals surface area contributed by atoms with Crippen LogP contribution < -0.4 is 10.5 Å². The first-order valence-electron chi connectivity index (χ1n) is 6.86. The number of methoxy groups -OCH3 is 2. The van der Waals surface area contributed by atoms with E-state index in [9.17, 15) is 0 Å². The number of aromatic nitrogens is 2. The number of likely N-dealkylation sites (N-methyl/N-ethyl adjacent to an activating group) is 1. The zero-order chi connectivity index (χ0) is 15.3. The third-order valence-corrected chi connectivity index (χ3v) is 3.44. The Morgan fingerprint density at radius 3 is 2.55 bits per heavy atom. The minimum atomic E-state index is -0.277. The number of hydrogen-bond donors (Lipinski definition) is 1. The van der Waals surface area contributed by atoms with Crippen LogP contribution in [0, 0.1) is 0 Å². The maximum absolute atomic E-state index is 6.35. The Morgan fingerprint density at radius 2 is 2.05 bits per heavy atom. The molecular formula is C14H28N4O2. The molecule has 0 amide bonds. The minimum absolute atomic E-state index is 0.176. The molecule has 0 fully saturated rings. The van der Waals surface area contributed by atoms with Gasteiger partial charge in [0, 0.05) is 13.7 Å². The summed E-state index contributed by atoms with van der Waals surface area (Å²) in [6.07, 6.45) is 2.43. The molecule has 0 aliphatic carbocycles. The highest BCUT2D eigenvalue weighted by molar-refractivity contribution is 5.28. The molecule has 0 aliphatic rings. The molecule has 0 saturated carbocycles. The predicted octanol–water partition coefficient (Wildman–Crippen LogP) is 1.27. The van der Waals surface area contributed by atoms with Crippen LogP contribution in [0.5, 0.6) is 5.75 Å². The molecule has 1 heterocycles. The van der Waals surface area contributed by atoms with Crippen molar-refractivity contribution in [3.63, 3.8) is 0 Å². The molecule has 0 aliphatic heterocycles. The molecule has 1 aromatic rings. The molecule has 1 unspecified atom stereocenters. The van der Waals surface area contributed by atoms with Gasteiger partial charge in [0.05, 0.1) is 37.2 Å². The lowest BCUT2D eigenvalue weighted by Gasteiger charge is -2.27. The van der Waals surface area contributed by atoms with E-state index in [1.54, 1.807) is 20.4 Å². The molecule has 1 aromatic heterocycles. The molecule has 0 aromatic carbocycles. The molecule has 0 spiro atoms. The molecule has 116 valence electrons. The third-order valence-electron chi connectivity index (χ3n) is 3.44. The first-order chi connectivity index (χ1) is 9.30. The van der Waals surface area contributed by atoms with Crippen molar-refractivity contribution in [3.05, 3.63) is 11.9 Å². The largest absolute Gasteiger partial charge is 0.493 e. The summed E-state index contributed by atoms with van der Waals surface area (Å²) in [7, 11) is 7.42. The lowest BCUT2D eigenvalue weighted by atomic mass is 9.97. The lowest BCUT2D eigenvalue weighted by molar-refractivity contribution is 0.00918. The fourth-order valence-corrected chi connectivity index (χ4v) is 2.09. The molecule has 0 saturated heterocycles. The Balaban J connectivity index is 2.92. The van der Waals surface area contributed by atoms with Gasteiger partial charge in [0.25, 0.3) is 0 Å². The van der Waals surface area contributed by atoms with E-state index in [2.05, 4.69) is 10.00 Å². The number of ether oxygens (including phenoxy) is 2. The first kappa shape index (κ1) is 16.9. The minimum Gasteiger partial charge on any atom is -0.493 e. The second-order valence-corrected chi connectivity index (χ2v) is 5.90. The van der Waals surface area contributed by atoms with Crippen molar-refractivity contribution in [2.45, 2.75) is 38.5 Å². The topological polar surface area (TPSA) is 65.5 Å². The summed E-state index contributed by atoms with van der Waals surface area (Å²) < 4.78 is 12.8. The Kier molecular flexibility index (Phi) is 5.98. The average Bonchev–Trinajstić information content (AvgIpc) is 2.78. The van der Waals surface area contributed by atoms with E-state index in [-0.39, 0.29) is 11.6 Å². The summed E-state index contributed by atoms with van der Waals surface area (Å²) in [5, 5.41) is 4.38. The molecule has 2 N–H and O–H groups in total. The number of hydrogen-bond acceptors (Lipinski definition) is 5. The van der Waals surface area contributed by atoms with Crippen LogP contribution in [0.25, 0.3) is 0 Å². The van der Waals surface area contributed by atoms with Gasteiger partial charge in [-0.05, 0) is 34.4 Å². The van der Waals surface area contributed by atoms with Gasteiger partial charge in [-0.1, -0.05) is 0 Å². The van der Waals surface area contributed by atoms with E-state index < -0.39 is 0 Å². The van der Waals surface area contributed by atoms with Gasteiger partial charge in [0.15, 0.2) is 5.75 Å². The molecular weight excluding hydrogens is 256 g/mol. The first-order valence-corrected chi connectivity index (χ1v) is 6.86. The summed E-state index contributed by atoms with van der Waals surface area (Å²) in [5.74, 6) is 0.739. The SMILES string of the molecule is COc1cnn(CCN(C)C)c1C(N)CC(C)(C)OC. The van der Waals surface area contributed by atoms with Gasteiger partial charge in [-0.25, -0.2) is 0 Å². The molecule has 20 heavy (non-hydrogen) atoms. The average molecular weight is 284 g/mol. The summed E-state index contributed by atoms with van der Waals surface area (Å²) >= 11 is 0. The fraction of sp³-hybridized carbons (Fsp3) is 0.786. The second-order valence-electron chi connectivity index (χ2n) is 5.90. The molecule has 6 heteroatoms. The van der Waals surface area contributed by atoms with Gasteiger partial charge >= 0.3 is 0 Å². The van der Waals surface area contributed by atoms with Gasteiger partial charge < -0.3 is 20.1 Å². The van der Waals surface area contributed by atoms with E-state index >= 15 is 0 Å². The number of nitrogens with zero attached hydrogens (tertiary/aromatic N) is 3. The number of nitrogens with two attached hydrogens (primary N) is 1. The van der Waals surface area contributed by atoms with Crippen LogP contribution in [0.15, 0.2) is 6.20 Å². The third kappa shape index (κ3) is 4.47. The maximum atomic E-state index is 6.35. The van der Waals surface area contributed by atoms with Crippen molar-refractivity contribution < 1.29 is 9.47 Å². The highest BCUT2D eigenvalue weighted by Gasteiger charge is 2.26. The van der Waals surface area contributed by atoms with Gasteiger partial charge in [0.2, 0.25) is 0 Å². The van der Waals surface area contributed by atoms with Crippen LogP contribution in [-0.4, -0.2) is 55.1 Å². The lowest BCUT2D eigenvalue weighted by Crippen LogP contribution is -2.31. The van der Waals surface area contributed by atoms with Crippen LogP contribution in [0.3, 0.4) is 0 Å². The monoisotopic (exact) mass is 284 g/mol. The highest BCUT2D eigenvalue weighted by atomic mass is 16.5. The Bertz CT molecular complexity index is 415. The van der Waals surface area contributed by atoms with Gasteiger partial charge in [-0.3, -0.25) is 4.68 Å². The maximum Gasteiger partial charge on any atom is 0.161 e. The summed E-state index contributed by atoms with van der Waals surface area (Å²) in [6.45, 7) is 5.74. The van der Waals surface area contributed by atoms with E-state index in [1.165, 1.54) is 0 Å². The second kappa shape index (κ2) is 7.06. The van der Waals surface area contributed by atoms with E-state index in [4.69, 9.17) is 15.2 Å². The van der Waals surface area contributed by atoms with Crippen molar-refractivity contribution in [2.24, 2.45) is 5.73 Å². The normalized spacial score (nSPS) is 13.8. The van der Waals surface area contributed by atoms with Crippen molar-refractivity contribution in [1.82, 2.24) is 14.7 Å². The molecule has 6 nitrogen and oxygen atoms in total. The molecule has 0 bridgehead atoms. The van der Waals surface area contributed by atoms with Crippen molar-refractivity contribution in [2.75, 3.05) is 34.9 Å². The fourth-order valence-electron chi connectivity index (χ4n) is 2.09.